The van der Waals surface area contributed by atoms with Crippen LogP contribution in [0.15, 0.2) is 53.1 Å². The monoisotopic (exact) mass is 356 g/mol. The van der Waals surface area contributed by atoms with E-state index in [2.05, 4.69) is 10.5 Å². The molecule has 0 unspecified atom stereocenters. The largest absolute Gasteiger partial charge is 0.454 e. The summed E-state index contributed by atoms with van der Waals surface area (Å²) in [5.41, 5.74) is 1.91. The van der Waals surface area contributed by atoms with E-state index in [1.54, 1.807) is 30.3 Å². The van der Waals surface area contributed by atoms with Crippen LogP contribution in [0.25, 0.3) is 11.3 Å². The highest BCUT2D eigenvalue weighted by molar-refractivity contribution is 6.30. The molecule has 0 fully saturated rings. The number of nitrogens with zero attached hydrogens (tertiary/aromatic N) is 1. The lowest BCUT2D eigenvalue weighted by Gasteiger charge is -2.02. The Morgan fingerprint density at radius 2 is 1.88 bits per heavy atom. The first kappa shape index (κ1) is 15.5. The van der Waals surface area contributed by atoms with Crippen molar-refractivity contribution in [1.29, 1.82) is 0 Å². The maximum absolute atomic E-state index is 12.2. The van der Waals surface area contributed by atoms with Gasteiger partial charge in [-0.15, -0.1) is 0 Å². The summed E-state index contributed by atoms with van der Waals surface area (Å²) in [5.74, 6) is 1.49. The Hall–Kier alpha value is -2.99. The van der Waals surface area contributed by atoms with E-state index in [0.29, 0.717) is 28.8 Å². The van der Waals surface area contributed by atoms with E-state index in [0.717, 1.165) is 11.1 Å². The lowest BCUT2D eigenvalue weighted by Crippen LogP contribution is -2.22. The number of aromatic nitrogens is 1. The van der Waals surface area contributed by atoms with Crippen molar-refractivity contribution in [2.75, 3.05) is 6.79 Å². The van der Waals surface area contributed by atoms with E-state index in [-0.39, 0.29) is 18.4 Å². The predicted molar refractivity (Wildman–Crippen MR) is 90.7 cm³/mol. The molecule has 2 heterocycles. The number of fused-ring (bicyclic) bond motifs is 1. The number of amides is 1. The number of hydrogen-bond donors (Lipinski definition) is 1. The lowest BCUT2D eigenvalue weighted by molar-refractivity contribution is 0.0942. The molecule has 25 heavy (non-hydrogen) atoms. The summed E-state index contributed by atoms with van der Waals surface area (Å²) in [6.07, 6.45) is 0. The lowest BCUT2D eigenvalue weighted by atomic mass is 10.1. The molecule has 7 heteroatoms. The molecule has 3 aromatic rings. The first-order valence-electron chi connectivity index (χ1n) is 7.58. The molecule has 0 saturated heterocycles. The number of rotatable bonds is 4. The summed E-state index contributed by atoms with van der Waals surface area (Å²) in [7, 11) is 0. The highest BCUT2D eigenvalue weighted by Gasteiger charge is 2.17. The minimum atomic E-state index is -0.314. The Labute approximate surface area is 148 Å². The molecular formula is C18H13ClN2O4. The van der Waals surface area contributed by atoms with Crippen molar-refractivity contribution in [2.24, 2.45) is 0 Å². The minimum absolute atomic E-state index is 0.202. The van der Waals surface area contributed by atoms with Crippen LogP contribution in [0.3, 0.4) is 0 Å². The van der Waals surface area contributed by atoms with Gasteiger partial charge in [0.2, 0.25) is 6.79 Å². The Morgan fingerprint density at radius 1 is 1.08 bits per heavy atom. The van der Waals surface area contributed by atoms with Gasteiger partial charge in [-0.05, 0) is 35.9 Å². The third kappa shape index (κ3) is 3.29. The molecule has 0 bridgehead atoms. The average molecular weight is 357 g/mol. The summed E-state index contributed by atoms with van der Waals surface area (Å²) in [5, 5.41) is 7.28. The fourth-order valence-corrected chi connectivity index (χ4v) is 2.57. The number of hydrogen-bond acceptors (Lipinski definition) is 5. The molecule has 126 valence electrons. The van der Waals surface area contributed by atoms with Crippen molar-refractivity contribution in [1.82, 2.24) is 10.5 Å². The summed E-state index contributed by atoms with van der Waals surface area (Å²) in [6.45, 7) is 0.579. The number of ether oxygens (including phenoxy) is 2. The zero-order valence-electron chi connectivity index (χ0n) is 13.0. The second kappa shape index (κ2) is 6.49. The van der Waals surface area contributed by atoms with Crippen LogP contribution in [0.5, 0.6) is 11.5 Å². The fraction of sp³-hybridized carbons (Fsp3) is 0.111. The number of halogens is 1. The highest BCUT2D eigenvalue weighted by Crippen LogP contribution is 2.35. The first-order chi connectivity index (χ1) is 12.2. The topological polar surface area (TPSA) is 73.6 Å². The molecule has 1 aromatic heterocycles. The highest BCUT2D eigenvalue weighted by atomic mass is 35.5. The molecule has 4 rings (SSSR count). The molecule has 6 nitrogen and oxygen atoms in total. The van der Waals surface area contributed by atoms with Crippen LogP contribution in [0.2, 0.25) is 5.02 Å². The molecule has 0 saturated carbocycles. The number of carbonyl (C=O) groups excluding carboxylic acids is 1. The molecule has 1 N–H and O–H groups in total. The van der Waals surface area contributed by atoms with Crippen molar-refractivity contribution in [3.05, 3.63) is 64.8 Å². The molecule has 0 spiro atoms. The van der Waals surface area contributed by atoms with Gasteiger partial charge in [0.1, 0.15) is 0 Å². The van der Waals surface area contributed by atoms with Crippen LogP contribution in [-0.2, 0) is 6.54 Å². The van der Waals surface area contributed by atoms with Crippen molar-refractivity contribution >= 4 is 17.5 Å². The number of benzene rings is 2. The van der Waals surface area contributed by atoms with Gasteiger partial charge in [0.05, 0.1) is 0 Å². The minimum Gasteiger partial charge on any atom is -0.454 e. The SMILES string of the molecule is O=C(NCc1ccc(Cl)cc1)c1cc(-c2ccc3c(c2)OCO3)on1. The van der Waals surface area contributed by atoms with E-state index >= 15 is 0 Å². The Bertz CT molecular complexity index is 921. The third-order valence-corrected chi connectivity index (χ3v) is 4.02. The molecule has 0 atom stereocenters. The van der Waals surface area contributed by atoms with E-state index in [9.17, 15) is 4.79 Å². The fourth-order valence-electron chi connectivity index (χ4n) is 2.44. The van der Waals surface area contributed by atoms with Crippen LogP contribution in [0.4, 0.5) is 0 Å². The van der Waals surface area contributed by atoms with Crippen molar-refractivity contribution in [3.8, 4) is 22.8 Å². The predicted octanol–water partition coefficient (Wildman–Crippen LogP) is 3.65. The van der Waals surface area contributed by atoms with Crippen molar-refractivity contribution < 1.29 is 18.8 Å². The smallest absolute Gasteiger partial charge is 0.273 e. The van der Waals surface area contributed by atoms with E-state index < -0.39 is 0 Å². The van der Waals surface area contributed by atoms with Crippen molar-refractivity contribution in [2.45, 2.75) is 6.54 Å². The summed E-state index contributed by atoms with van der Waals surface area (Å²) < 4.78 is 15.9. The quantitative estimate of drug-likeness (QED) is 0.772. The standard InChI is InChI=1S/C18H13ClN2O4/c19-13-4-1-11(2-5-13)9-20-18(22)14-8-16(25-21-14)12-3-6-15-17(7-12)24-10-23-15/h1-8H,9-10H2,(H,20,22). The van der Waals surface area contributed by atoms with Gasteiger partial charge >= 0.3 is 0 Å². The summed E-state index contributed by atoms with van der Waals surface area (Å²) in [4.78, 5) is 12.2. The molecule has 1 aliphatic heterocycles. The van der Waals surface area contributed by atoms with E-state index in [1.165, 1.54) is 0 Å². The summed E-state index contributed by atoms with van der Waals surface area (Å²) in [6, 6.07) is 14.2. The van der Waals surface area contributed by atoms with Gasteiger partial charge in [0.25, 0.3) is 5.91 Å². The molecular weight excluding hydrogens is 344 g/mol. The van der Waals surface area contributed by atoms with Gasteiger partial charge < -0.3 is 19.3 Å². The zero-order chi connectivity index (χ0) is 17.2. The Kier molecular flexibility index (Phi) is 4.03. The van der Waals surface area contributed by atoms with Gasteiger partial charge in [-0.2, -0.15) is 0 Å². The molecule has 1 amide bonds. The van der Waals surface area contributed by atoms with Crippen LogP contribution in [0, 0.1) is 0 Å². The van der Waals surface area contributed by atoms with Gasteiger partial charge in [-0.1, -0.05) is 28.9 Å². The molecule has 0 radical (unpaired) electrons. The van der Waals surface area contributed by atoms with Crippen LogP contribution in [-0.4, -0.2) is 17.9 Å². The summed E-state index contributed by atoms with van der Waals surface area (Å²) >= 11 is 5.84. The van der Waals surface area contributed by atoms with Gasteiger partial charge in [-0.25, -0.2) is 0 Å². The number of nitrogens with one attached hydrogen (secondary N) is 1. The zero-order valence-corrected chi connectivity index (χ0v) is 13.7. The van der Waals surface area contributed by atoms with Crippen LogP contribution in [0.1, 0.15) is 16.1 Å². The van der Waals surface area contributed by atoms with E-state index in [4.69, 9.17) is 25.6 Å². The first-order valence-corrected chi connectivity index (χ1v) is 7.96. The van der Waals surface area contributed by atoms with Crippen LogP contribution < -0.4 is 14.8 Å². The second-order valence-corrected chi connectivity index (χ2v) is 5.89. The Balaban J connectivity index is 1.45. The maximum atomic E-state index is 12.2. The Morgan fingerprint density at radius 3 is 2.72 bits per heavy atom. The van der Waals surface area contributed by atoms with Gasteiger partial charge in [0, 0.05) is 23.2 Å². The average Bonchev–Trinajstić information content (AvgIpc) is 3.29. The normalized spacial score (nSPS) is 12.2. The van der Waals surface area contributed by atoms with Gasteiger partial charge in [0.15, 0.2) is 23.0 Å². The van der Waals surface area contributed by atoms with Crippen LogP contribution >= 0.6 is 11.6 Å². The molecule has 2 aromatic carbocycles. The number of carbonyl (C=O) groups is 1. The second-order valence-electron chi connectivity index (χ2n) is 5.45. The van der Waals surface area contributed by atoms with Gasteiger partial charge in [-0.3, -0.25) is 4.79 Å². The molecule has 0 aliphatic carbocycles. The van der Waals surface area contributed by atoms with Crippen molar-refractivity contribution in [3.63, 3.8) is 0 Å². The van der Waals surface area contributed by atoms with E-state index in [1.807, 2.05) is 18.2 Å². The third-order valence-electron chi connectivity index (χ3n) is 3.77. The maximum Gasteiger partial charge on any atom is 0.273 e. The molecule has 1 aliphatic rings.